The van der Waals surface area contributed by atoms with E-state index in [2.05, 4.69) is 21.1 Å². The van der Waals surface area contributed by atoms with Crippen molar-refractivity contribution in [1.29, 1.82) is 0 Å². The van der Waals surface area contributed by atoms with Crippen LogP contribution in [0.15, 0.2) is 0 Å². The van der Waals surface area contributed by atoms with Gasteiger partial charge in [-0.25, -0.2) is 0 Å². The molecule has 0 heterocycles. The van der Waals surface area contributed by atoms with E-state index >= 15 is 0 Å². The molecule has 0 saturated carbocycles. The minimum absolute atomic E-state index is 0. The van der Waals surface area contributed by atoms with Gasteiger partial charge in [0.2, 0.25) is 0 Å². The quantitative estimate of drug-likeness (QED) is 0.335. The summed E-state index contributed by atoms with van der Waals surface area (Å²) in [6.07, 6.45) is 0. The topological polar surface area (TPSA) is 26.3 Å². The summed E-state index contributed by atoms with van der Waals surface area (Å²) in [5.74, 6) is -0.201. The van der Waals surface area contributed by atoms with E-state index in [0.29, 0.717) is 6.61 Å². The number of esters is 1. The third-order valence-electron chi connectivity index (χ3n) is 1.07. The van der Waals surface area contributed by atoms with E-state index in [4.69, 9.17) is 4.74 Å². The van der Waals surface area contributed by atoms with Crippen molar-refractivity contribution in [1.82, 2.24) is 0 Å². The molecule has 0 aromatic carbocycles. The lowest BCUT2D eigenvalue weighted by molar-refractivity contribution is -0.870. The zero-order chi connectivity index (χ0) is 8.20. The minimum Gasteiger partial charge on any atom is -1.00 e. The third kappa shape index (κ3) is 12.5. The molecule has 0 aliphatic carbocycles. The summed E-state index contributed by atoms with van der Waals surface area (Å²) in [6.45, 7) is 2.80. The molecule has 0 aliphatic heterocycles. The highest BCUT2D eigenvalue weighted by Crippen LogP contribution is 1.88. The van der Waals surface area contributed by atoms with Crippen LogP contribution in [0.4, 0.5) is 0 Å². The van der Waals surface area contributed by atoms with E-state index in [1.807, 2.05) is 0 Å². The summed E-state index contributed by atoms with van der Waals surface area (Å²) >= 11 is 0. The first-order valence-electron chi connectivity index (χ1n) is 3.35. The molecule has 0 unspecified atom stereocenters. The lowest BCUT2D eigenvalue weighted by atomic mass is 10.5. The molecular formula is C7H16FNO2. The molecule has 3 nitrogen and oxygen atoms in total. The summed E-state index contributed by atoms with van der Waals surface area (Å²) < 4.78 is 5.59. The largest absolute Gasteiger partial charge is 1.00 e. The van der Waals surface area contributed by atoms with Gasteiger partial charge in [0.05, 0.1) is 21.1 Å². The van der Waals surface area contributed by atoms with Gasteiger partial charge >= 0.3 is 5.97 Å². The van der Waals surface area contributed by atoms with Crippen LogP contribution in [-0.4, -0.2) is 44.7 Å². The second-order valence-corrected chi connectivity index (χ2v) is 3.35. The van der Waals surface area contributed by atoms with Crippen LogP contribution < -0.4 is 4.70 Å². The molecule has 11 heavy (non-hydrogen) atoms. The number of likely N-dealkylation sites (N-methyl/N-ethyl adjacent to an activating group) is 1. The molecule has 0 radical (unpaired) electrons. The maximum atomic E-state index is 10.3. The highest BCUT2D eigenvalue weighted by atomic mass is 19.0. The molecule has 0 saturated heterocycles. The first kappa shape index (κ1) is 13.0. The van der Waals surface area contributed by atoms with Gasteiger partial charge in [0.1, 0.15) is 13.2 Å². The molecule has 4 heteroatoms. The number of hydrogen-bond donors (Lipinski definition) is 0. The van der Waals surface area contributed by atoms with Crippen molar-refractivity contribution >= 4 is 5.97 Å². The Balaban J connectivity index is 0. The number of hydrogen-bond acceptors (Lipinski definition) is 2. The van der Waals surface area contributed by atoms with Gasteiger partial charge in [-0.15, -0.1) is 0 Å². The molecule has 0 rings (SSSR count). The molecular weight excluding hydrogens is 149 g/mol. The second kappa shape index (κ2) is 5.07. The number of nitrogens with zero attached hydrogens (tertiary/aromatic N) is 1. The molecule has 0 aromatic heterocycles. The van der Waals surface area contributed by atoms with E-state index in [-0.39, 0.29) is 10.7 Å². The standard InChI is InChI=1S/C7H16NO2.FH/c1-7(9)10-6-5-8(2,3)4;/h5-6H2,1-4H3;1H/q+1;/p-1. The Kier molecular flexibility index (Phi) is 5.98. The Morgan fingerprint density at radius 3 is 2.09 bits per heavy atom. The van der Waals surface area contributed by atoms with Gasteiger partial charge in [-0.2, -0.15) is 0 Å². The van der Waals surface area contributed by atoms with Gasteiger partial charge < -0.3 is 13.9 Å². The normalized spacial score (nSPS) is 10.2. The van der Waals surface area contributed by atoms with Gasteiger partial charge in [0.25, 0.3) is 0 Å². The number of ether oxygens (including phenoxy) is 1. The molecule has 0 aromatic rings. The van der Waals surface area contributed by atoms with E-state index in [1.165, 1.54) is 6.92 Å². The zero-order valence-corrected chi connectivity index (χ0v) is 7.56. The van der Waals surface area contributed by atoms with Crippen molar-refractivity contribution in [3.8, 4) is 0 Å². The fraction of sp³-hybridized carbons (Fsp3) is 0.857. The second-order valence-electron chi connectivity index (χ2n) is 3.35. The number of rotatable bonds is 3. The Morgan fingerprint density at radius 1 is 1.36 bits per heavy atom. The van der Waals surface area contributed by atoms with E-state index < -0.39 is 0 Å². The van der Waals surface area contributed by atoms with Crippen LogP contribution in [0.5, 0.6) is 0 Å². The van der Waals surface area contributed by atoms with Gasteiger partial charge in [0, 0.05) is 6.92 Å². The lowest BCUT2D eigenvalue weighted by Crippen LogP contribution is -3.00. The van der Waals surface area contributed by atoms with E-state index in [1.54, 1.807) is 0 Å². The summed E-state index contributed by atoms with van der Waals surface area (Å²) in [5.41, 5.74) is 0. The molecule has 0 atom stereocenters. The highest BCUT2D eigenvalue weighted by Gasteiger charge is 2.06. The third-order valence-corrected chi connectivity index (χ3v) is 1.07. The summed E-state index contributed by atoms with van der Waals surface area (Å²) in [6, 6.07) is 0. The predicted octanol–water partition coefficient (Wildman–Crippen LogP) is -2.74. The Hall–Kier alpha value is -0.640. The number of carbonyl (C=O) groups is 1. The van der Waals surface area contributed by atoms with Crippen LogP contribution in [0.25, 0.3) is 0 Å². The number of carbonyl (C=O) groups excluding carboxylic acids is 1. The molecule has 0 fully saturated rings. The molecule has 0 spiro atoms. The van der Waals surface area contributed by atoms with Crippen LogP contribution in [0.3, 0.4) is 0 Å². The fourth-order valence-corrected chi connectivity index (χ4v) is 0.463. The van der Waals surface area contributed by atoms with Crippen LogP contribution in [0.2, 0.25) is 0 Å². The van der Waals surface area contributed by atoms with Crippen molar-refractivity contribution in [2.45, 2.75) is 6.92 Å². The van der Waals surface area contributed by atoms with Gasteiger partial charge in [-0.05, 0) is 0 Å². The number of quaternary nitrogens is 1. The summed E-state index contributed by atoms with van der Waals surface area (Å²) in [4.78, 5) is 10.3. The van der Waals surface area contributed by atoms with E-state index in [9.17, 15) is 4.79 Å². The maximum absolute atomic E-state index is 10.3. The van der Waals surface area contributed by atoms with Crippen molar-refractivity contribution in [3.05, 3.63) is 0 Å². The SMILES string of the molecule is CC(=O)OCC[N+](C)(C)C.[F-]. The predicted molar refractivity (Wildman–Crippen MR) is 39.5 cm³/mol. The Labute approximate surface area is 66.9 Å². The van der Waals surface area contributed by atoms with Gasteiger partial charge in [-0.3, -0.25) is 4.79 Å². The first-order valence-corrected chi connectivity index (χ1v) is 3.35. The van der Waals surface area contributed by atoms with Crippen LogP contribution in [-0.2, 0) is 9.53 Å². The molecule has 0 amide bonds. The minimum atomic E-state index is -0.201. The van der Waals surface area contributed by atoms with Crippen LogP contribution in [0, 0.1) is 0 Å². The monoisotopic (exact) mass is 165 g/mol. The van der Waals surface area contributed by atoms with E-state index in [0.717, 1.165) is 11.0 Å². The first-order chi connectivity index (χ1) is 4.42. The van der Waals surface area contributed by atoms with Crippen molar-refractivity contribution in [2.24, 2.45) is 0 Å². The molecule has 0 aliphatic rings. The van der Waals surface area contributed by atoms with Crippen LogP contribution in [0.1, 0.15) is 6.92 Å². The molecule has 0 bridgehead atoms. The smallest absolute Gasteiger partial charge is 0.302 e. The van der Waals surface area contributed by atoms with Gasteiger partial charge in [-0.1, -0.05) is 0 Å². The highest BCUT2D eigenvalue weighted by molar-refractivity contribution is 5.65. The van der Waals surface area contributed by atoms with Crippen molar-refractivity contribution in [3.63, 3.8) is 0 Å². The summed E-state index contributed by atoms with van der Waals surface area (Å²) in [5, 5.41) is 0. The Bertz CT molecular complexity index is 120. The molecule has 0 N–H and O–H groups in total. The fourth-order valence-electron chi connectivity index (χ4n) is 0.463. The van der Waals surface area contributed by atoms with Crippen molar-refractivity contribution in [2.75, 3.05) is 34.3 Å². The zero-order valence-electron chi connectivity index (χ0n) is 7.56. The Morgan fingerprint density at radius 2 is 1.82 bits per heavy atom. The van der Waals surface area contributed by atoms with Crippen molar-refractivity contribution < 1.29 is 18.7 Å². The summed E-state index contributed by atoms with van der Waals surface area (Å²) in [7, 11) is 6.18. The molecule has 68 valence electrons. The van der Waals surface area contributed by atoms with Crippen LogP contribution >= 0.6 is 0 Å². The number of halogens is 1. The van der Waals surface area contributed by atoms with Gasteiger partial charge in [0.15, 0.2) is 0 Å². The average molecular weight is 165 g/mol. The maximum Gasteiger partial charge on any atom is 0.302 e. The average Bonchev–Trinajstić information content (AvgIpc) is 1.59. The lowest BCUT2D eigenvalue weighted by Gasteiger charge is -2.23.